The largest absolute Gasteiger partial charge is 0.494 e. The third kappa shape index (κ3) is 6.81. The Hall–Kier alpha value is -2.45. The molecule has 0 radical (unpaired) electrons. The number of halogens is 1. The number of hydrogen-bond acceptors (Lipinski definition) is 3. The monoisotopic (exact) mass is 530 g/mol. The summed E-state index contributed by atoms with van der Waals surface area (Å²) >= 11 is 7.47. The number of hydrogen-bond donors (Lipinski definition) is 2. The molecule has 30 heavy (non-hydrogen) atoms. The number of aryl methyl sites for hydroxylation is 2. The number of nitrogens with one attached hydrogen (secondary N) is 2. The van der Waals surface area contributed by atoms with Crippen LogP contribution in [0.4, 0.5) is 5.69 Å². The Morgan fingerprint density at radius 3 is 2.47 bits per heavy atom. The van der Waals surface area contributed by atoms with Gasteiger partial charge < -0.3 is 10.1 Å². The van der Waals surface area contributed by atoms with Gasteiger partial charge in [0.2, 0.25) is 0 Å². The van der Waals surface area contributed by atoms with Crippen LogP contribution in [0, 0.1) is 10.5 Å². The van der Waals surface area contributed by atoms with E-state index in [2.05, 4.69) is 57.5 Å². The molecule has 1 amide bonds. The molecule has 0 bridgehead atoms. The van der Waals surface area contributed by atoms with Crippen LogP contribution in [0.15, 0.2) is 72.8 Å². The van der Waals surface area contributed by atoms with E-state index in [-0.39, 0.29) is 11.0 Å². The standard InChI is InChI=1S/C24H23IN2O2S/c1-17-9-10-19(16-22(17)25)23(28)27-24(30)26-20-11-13-21(14-12-20)29-15-5-8-18-6-3-2-4-7-18/h2-4,6-7,9-14,16H,5,8,15H2,1H3,(H2,26,27,28,30). The van der Waals surface area contributed by atoms with Gasteiger partial charge in [0.05, 0.1) is 6.61 Å². The van der Waals surface area contributed by atoms with E-state index in [1.54, 1.807) is 6.07 Å². The molecule has 0 aromatic heterocycles. The highest BCUT2D eigenvalue weighted by Gasteiger charge is 2.09. The third-order valence-electron chi connectivity index (χ3n) is 4.49. The van der Waals surface area contributed by atoms with Crippen molar-refractivity contribution in [3.8, 4) is 5.75 Å². The normalized spacial score (nSPS) is 10.3. The van der Waals surface area contributed by atoms with Gasteiger partial charge >= 0.3 is 0 Å². The average molecular weight is 530 g/mol. The zero-order valence-electron chi connectivity index (χ0n) is 16.7. The van der Waals surface area contributed by atoms with Gasteiger partial charge in [-0.2, -0.15) is 0 Å². The summed E-state index contributed by atoms with van der Waals surface area (Å²) in [6.45, 7) is 2.66. The maximum absolute atomic E-state index is 12.4. The molecule has 0 atom stereocenters. The Morgan fingerprint density at radius 2 is 1.77 bits per heavy atom. The number of anilines is 1. The summed E-state index contributed by atoms with van der Waals surface area (Å²) in [6.07, 6.45) is 1.95. The molecule has 0 unspecified atom stereocenters. The lowest BCUT2D eigenvalue weighted by Gasteiger charge is -2.11. The lowest BCUT2D eigenvalue weighted by molar-refractivity contribution is 0.0977. The van der Waals surface area contributed by atoms with Crippen molar-refractivity contribution in [3.63, 3.8) is 0 Å². The molecule has 0 aliphatic heterocycles. The summed E-state index contributed by atoms with van der Waals surface area (Å²) in [5.74, 6) is 0.571. The Morgan fingerprint density at radius 1 is 1.03 bits per heavy atom. The first-order chi connectivity index (χ1) is 14.5. The molecule has 4 nitrogen and oxygen atoms in total. The maximum Gasteiger partial charge on any atom is 0.257 e. The van der Waals surface area contributed by atoms with Crippen LogP contribution < -0.4 is 15.4 Å². The highest BCUT2D eigenvalue weighted by atomic mass is 127. The predicted molar refractivity (Wildman–Crippen MR) is 134 cm³/mol. The Kier molecular flexibility index (Phi) is 8.21. The molecule has 6 heteroatoms. The summed E-state index contributed by atoms with van der Waals surface area (Å²) in [5, 5.41) is 5.99. The summed E-state index contributed by atoms with van der Waals surface area (Å²) in [5.41, 5.74) is 3.82. The highest BCUT2D eigenvalue weighted by molar-refractivity contribution is 14.1. The van der Waals surface area contributed by atoms with Crippen molar-refractivity contribution in [1.29, 1.82) is 0 Å². The average Bonchev–Trinajstić information content (AvgIpc) is 2.75. The van der Waals surface area contributed by atoms with Gasteiger partial charge in [0.15, 0.2) is 5.11 Å². The van der Waals surface area contributed by atoms with E-state index < -0.39 is 0 Å². The summed E-state index contributed by atoms with van der Waals surface area (Å²) in [6, 6.07) is 23.5. The number of carbonyl (C=O) groups is 1. The van der Waals surface area contributed by atoms with Gasteiger partial charge in [-0.1, -0.05) is 36.4 Å². The fourth-order valence-corrected chi connectivity index (χ4v) is 3.54. The van der Waals surface area contributed by atoms with E-state index in [9.17, 15) is 4.79 Å². The van der Waals surface area contributed by atoms with Crippen LogP contribution in [0.1, 0.15) is 27.9 Å². The first-order valence-electron chi connectivity index (χ1n) is 9.66. The quantitative estimate of drug-likeness (QED) is 0.233. The Labute approximate surface area is 196 Å². The summed E-state index contributed by atoms with van der Waals surface area (Å²) < 4.78 is 6.84. The molecule has 3 aromatic rings. The Bertz CT molecular complexity index is 1010. The van der Waals surface area contributed by atoms with Crippen molar-refractivity contribution in [2.24, 2.45) is 0 Å². The van der Waals surface area contributed by atoms with Gasteiger partial charge in [0, 0.05) is 14.8 Å². The number of thiocarbonyl (C=S) groups is 1. The molecular formula is C24H23IN2O2S. The number of ether oxygens (including phenoxy) is 1. The molecule has 0 saturated heterocycles. The second kappa shape index (κ2) is 11.1. The van der Waals surface area contributed by atoms with Crippen molar-refractivity contribution in [1.82, 2.24) is 5.32 Å². The fraction of sp³-hybridized carbons (Fsp3) is 0.167. The summed E-state index contributed by atoms with van der Waals surface area (Å²) in [4.78, 5) is 12.4. The number of benzene rings is 3. The molecule has 0 fully saturated rings. The van der Waals surface area contributed by atoms with Crippen LogP contribution in [0.2, 0.25) is 0 Å². The van der Waals surface area contributed by atoms with Gasteiger partial charge in [-0.3, -0.25) is 10.1 Å². The zero-order valence-corrected chi connectivity index (χ0v) is 19.6. The van der Waals surface area contributed by atoms with Crippen molar-refractivity contribution in [3.05, 3.63) is 93.1 Å². The molecule has 0 aliphatic carbocycles. The molecule has 3 aromatic carbocycles. The summed E-state index contributed by atoms with van der Waals surface area (Å²) in [7, 11) is 0. The number of carbonyl (C=O) groups excluding carboxylic acids is 1. The molecule has 0 saturated carbocycles. The van der Waals surface area contributed by atoms with Crippen LogP contribution in [-0.2, 0) is 6.42 Å². The van der Waals surface area contributed by atoms with E-state index in [4.69, 9.17) is 17.0 Å². The van der Waals surface area contributed by atoms with Gasteiger partial charge in [-0.25, -0.2) is 0 Å². The van der Waals surface area contributed by atoms with Gasteiger partial charge in [-0.05, 0) is 102 Å². The van der Waals surface area contributed by atoms with Gasteiger partial charge in [0.1, 0.15) is 5.75 Å². The molecule has 2 N–H and O–H groups in total. The zero-order chi connectivity index (χ0) is 21.3. The first-order valence-corrected chi connectivity index (χ1v) is 11.2. The maximum atomic E-state index is 12.4. The van der Waals surface area contributed by atoms with E-state index in [0.717, 1.165) is 33.4 Å². The topological polar surface area (TPSA) is 50.4 Å². The van der Waals surface area contributed by atoms with Crippen molar-refractivity contribution < 1.29 is 9.53 Å². The molecule has 0 heterocycles. The SMILES string of the molecule is Cc1ccc(C(=O)NC(=S)Nc2ccc(OCCCc3ccccc3)cc2)cc1I. The first kappa shape index (κ1) is 22.2. The third-order valence-corrected chi connectivity index (χ3v) is 5.86. The molecule has 154 valence electrons. The fourth-order valence-electron chi connectivity index (χ4n) is 2.82. The number of rotatable bonds is 7. The van der Waals surface area contributed by atoms with Crippen molar-refractivity contribution in [2.45, 2.75) is 19.8 Å². The van der Waals surface area contributed by atoms with Crippen LogP contribution in [-0.4, -0.2) is 17.6 Å². The minimum absolute atomic E-state index is 0.233. The number of amides is 1. The highest BCUT2D eigenvalue weighted by Crippen LogP contribution is 2.17. The smallest absolute Gasteiger partial charge is 0.257 e. The van der Waals surface area contributed by atoms with Crippen molar-refractivity contribution in [2.75, 3.05) is 11.9 Å². The van der Waals surface area contributed by atoms with E-state index in [0.29, 0.717) is 12.2 Å². The van der Waals surface area contributed by atoms with Crippen LogP contribution in [0.5, 0.6) is 5.75 Å². The lowest BCUT2D eigenvalue weighted by Crippen LogP contribution is -2.34. The van der Waals surface area contributed by atoms with Crippen LogP contribution in [0.25, 0.3) is 0 Å². The predicted octanol–water partition coefficient (Wildman–Crippen LogP) is 5.74. The second-order valence-electron chi connectivity index (χ2n) is 6.83. The Balaban J connectivity index is 1.43. The van der Waals surface area contributed by atoms with Crippen LogP contribution >= 0.6 is 34.8 Å². The van der Waals surface area contributed by atoms with Crippen LogP contribution in [0.3, 0.4) is 0 Å². The molecule has 0 spiro atoms. The van der Waals surface area contributed by atoms with E-state index in [1.165, 1.54) is 5.56 Å². The molecule has 0 aliphatic rings. The van der Waals surface area contributed by atoms with Gasteiger partial charge in [0.25, 0.3) is 5.91 Å². The minimum Gasteiger partial charge on any atom is -0.494 e. The van der Waals surface area contributed by atoms with Crippen molar-refractivity contribution >= 4 is 51.5 Å². The molecule has 3 rings (SSSR count). The van der Waals surface area contributed by atoms with E-state index >= 15 is 0 Å². The minimum atomic E-state index is -0.233. The lowest BCUT2D eigenvalue weighted by atomic mass is 10.1. The van der Waals surface area contributed by atoms with Gasteiger partial charge in [-0.15, -0.1) is 0 Å². The molecular weight excluding hydrogens is 507 g/mol. The van der Waals surface area contributed by atoms with E-state index in [1.807, 2.05) is 49.4 Å². The second-order valence-corrected chi connectivity index (χ2v) is 8.40.